The van der Waals surface area contributed by atoms with Gasteiger partial charge in [-0.3, -0.25) is 14.5 Å². The highest BCUT2D eigenvalue weighted by atomic mass is 16.3. The Morgan fingerprint density at radius 3 is 2.80 bits per heavy atom. The number of H-pyrrole nitrogens is 1. The monoisotopic (exact) mass is 406 g/mol. The number of carbonyl (C=O) groups is 1. The van der Waals surface area contributed by atoms with Crippen LogP contribution in [0, 0.1) is 0 Å². The Balaban J connectivity index is 1.75. The SMILES string of the molecule is CN(C)C(=O)C(O)c1cncc(-c2cnc3[nH]cc(-c4ccnn4CCO)c3c2)c1. The normalized spacial score (nSPS) is 12.3. The highest BCUT2D eigenvalue weighted by Gasteiger charge is 2.20. The van der Waals surface area contributed by atoms with Crippen LogP contribution in [0.25, 0.3) is 33.4 Å². The number of hydrogen-bond acceptors (Lipinski definition) is 6. The van der Waals surface area contributed by atoms with Crippen LogP contribution in [0.2, 0.25) is 0 Å². The van der Waals surface area contributed by atoms with Crippen LogP contribution < -0.4 is 0 Å². The summed E-state index contributed by atoms with van der Waals surface area (Å²) in [6.07, 6.45) is 7.14. The van der Waals surface area contributed by atoms with Crippen molar-refractivity contribution >= 4 is 16.9 Å². The molecule has 0 aliphatic rings. The van der Waals surface area contributed by atoms with Crippen molar-refractivity contribution in [3.8, 4) is 22.4 Å². The van der Waals surface area contributed by atoms with Gasteiger partial charge in [-0.15, -0.1) is 0 Å². The number of rotatable bonds is 6. The molecule has 4 rings (SSSR count). The quantitative estimate of drug-likeness (QED) is 0.447. The fourth-order valence-corrected chi connectivity index (χ4v) is 3.36. The molecule has 0 aliphatic carbocycles. The van der Waals surface area contributed by atoms with Gasteiger partial charge in [0, 0.05) is 72.7 Å². The molecule has 4 aromatic heterocycles. The number of hydrogen-bond donors (Lipinski definition) is 3. The summed E-state index contributed by atoms with van der Waals surface area (Å²) < 4.78 is 1.74. The fraction of sp³-hybridized carbons (Fsp3) is 0.238. The van der Waals surface area contributed by atoms with E-state index < -0.39 is 12.0 Å². The lowest BCUT2D eigenvalue weighted by Gasteiger charge is -2.16. The first-order valence-corrected chi connectivity index (χ1v) is 9.44. The third-order valence-corrected chi connectivity index (χ3v) is 4.92. The van der Waals surface area contributed by atoms with E-state index >= 15 is 0 Å². The van der Waals surface area contributed by atoms with E-state index in [1.807, 2.05) is 18.3 Å². The number of nitrogens with one attached hydrogen (secondary N) is 1. The summed E-state index contributed by atoms with van der Waals surface area (Å²) in [7, 11) is 3.19. The number of fused-ring (bicyclic) bond motifs is 1. The fourth-order valence-electron chi connectivity index (χ4n) is 3.36. The van der Waals surface area contributed by atoms with Crippen LogP contribution in [-0.4, -0.2) is 66.5 Å². The number of carbonyl (C=O) groups excluding carboxylic acids is 1. The summed E-state index contributed by atoms with van der Waals surface area (Å²) in [4.78, 5) is 25.3. The Labute approximate surface area is 172 Å². The minimum absolute atomic E-state index is 0.00695. The highest BCUT2D eigenvalue weighted by Crippen LogP contribution is 2.31. The topological polar surface area (TPSA) is 120 Å². The number of likely N-dealkylation sites (N-methyl/N-ethyl adjacent to an activating group) is 1. The molecule has 154 valence electrons. The molecule has 0 saturated heterocycles. The average molecular weight is 406 g/mol. The molecule has 1 unspecified atom stereocenters. The molecule has 9 heteroatoms. The van der Waals surface area contributed by atoms with Crippen LogP contribution in [0.1, 0.15) is 11.7 Å². The van der Waals surface area contributed by atoms with Gasteiger partial charge in [0.1, 0.15) is 5.65 Å². The largest absolute Gasteiger partial charge is 0.394 e. The van der Waals surface area contributed by atoms with Crippen LogP contribution in [0.5, 0.6) is 0 Å². The van der Waals surface area contributed by atoms with Crippen LogP contribution in [-0.2, 0) is 11.3 Å². The smallest absolute Gasteiger partial charge is 0.255 e. The summed E-state index contributed by atoms with van der Waals surface area (Å²) in [5, 5.41) is 24.8. The number of amides is 1. The van der Waals surface area contributed by atoms with E-state index in [1.54, 1.807) is 43.4 Å². The molecule has 9 nitrogen and oxygen atoms in total. The summed E-state index contributed by atoms with van der Waals surface area (Å²) >= 11 is 0. The van der Waals surface area contributed by atoms with Gasteiger partial charge >= 0.3 is 0 Å². The number of aliphatic hydroxyl groups excluding tert-OH is 2. The second-order valence-corrected chi connectivity index (χ2v) is 7.13. The molecule has 4 aromatic rings. The number of pyridine rings is 2. The third-order valence-electron chi connectivity index (χ3n) is 4.92. The summed E-state index contributed by atoms with van der Waals surface area (Å²) in [5.74, 6) is -0.410. The zero-order valence-electron chi connectivity index (χ0n) is 16.6. The molecule has 0 bridgehead atoms. The molecule has 3 N–H and O–H groups in total. The molecule has 1 amide bonds. The van der Waals surface area contributed by atoms with E-state index in [1.165, 1.54) is 11.1 Å². The Morgan fingerprint density at radius 1 is 1.23 bits per heavy atom. The lowest BCUT2D eigenvalue weighted by Crippen LogP contribution is -2.28. The molecule has 30 heavy (non-hydrogen) atoms. The first kappa shape index (κ1) is 19.7. The maximum atomic E-state index is 12.1. The Bertz CT molecular complexity index is 1200. The van der Waals surface area contributed by atoms with Gasteiger partial charge < -0.3 is 20.1 Å². The van der Waals surface area contributed by atoms with Crippen molar-refractivity contribution in [3.63, 3.8) is 0 Å². The lowest BCUT2D eigenvalue weighted by atomic mass is 10.0. The van der Waals surface area contributed by atoms with E-state index in [4.69, 9.17) is 0 Å². The van der Waals surface area contributed by atoms with Crippen molar-refractivity contribution in [2.45, 2.75) is 12.6 Å². The lowest BCUT2D eigenvalue weighted by molar-refractivity contribution is -0.137. The standard InChI is InChI=1S/C21H22N6O3/c1-26(2)21(30)19(29)15-7-13(9-22-10-15)14-8-16-17(12-24-20(16)23-11-14)18-3-4-25-27(18)5-6-28/h3-4,7-12,19,28-29H,5-6H2,1-2H3,(H,23,24). The van der Waals surface area contributed by atoms with Crippen molar-refractivity contribution in [1.82, 2.24) is 29.6 Å². The van der Waals surface area contributed by atoms with Gasteiger partial charge in [-0.2, -0.15) is 5.10 Å². The molecular weight excluding hydrogens is 384 g/mol. The first-order chi connectivity index (χ1) is 14.5. The zero-order chi connectivity index (χ0) is 21.3. The maximum Gasteiger partial charge on any atom is 0.255 e. The molecule has 0 fully saturated rings. The minimum Gasteiger partial charge on any atom is -0.394 e. The van der Waals surface area contributed by atoms with Crippen LogP contribution in [0.3, 0.4) is 0 Å². The number of aromatic amines is 1. The van der Waals surface area contributed by atoms with Gasteiger partial charge in [0.05, 0.1) is 18.8 Å². The first-order valence-electron chi connectivity index (χ1n) is 9.44. The molecule has 0 aliphatic heterocycles. The van der Waals surface area contributed by atoms with E-state index in [0.29, 0.717) is 12.1 Å². The predicted octanol–water partition coefficient (Wildman–Crippen LogP) is 1.60. The van der Waals surface area contributed by atoms with Gasteiger partial charge in [0.25, 0.3) is 5.91 Å². The maximum absolute atomic E-state index is 12.1. The number of nitrogens with zero attached hydrogens (tertiary/aromatic N) is 5. The van der Waals surface area contributed by atoms with Crippen molar-refractivity contribution in [1.29, 1.82) is 0 Å². The summed E-state index contributed by atoms with van der Waals surface area (Å²) in [5.41, 5.74) is 4.46. The van der Waals surface area contributed by atoms with Crippen molar-refractivity contribution < 1.29 is 15.0 Å². The second-order valence-electron chi connectivity index (χ2n) is 7.13. The molecule has 0 aromatic carbocycles. The second kappa shape index (κ2) is 8.05. The van der Waals surface area contributed by atoms with E-state index in [0.717, 1.165) is 33.4 Å². The predicted molar refractivity (Wildman–Crippen MR) is 111 cm³/mol. The zero-order valence-corrected chi connectivity index (χ0v) is 16.6. The summed E-state index contributed by atoms with van der Waals surface area (Å²) in [6, 6.07) is 5.60. The van der Waals surface area contributed by atoms with Crippen LogP contribution >= 0.6 is 0 Å². The summed E-state index contributed by atoms with van der Waals surface area (Å²) in [6.45, 7) is 0.388. The Hall–Kier alpha value is -3.56. The van der Waals surface area contributed by atoms with Gasteiger partial charge in [-0.05, 0) is 18.2 Å². The Kier molecular flexibility index (Phi) is 5.30. The van der Waals surface area contributed by atoms with Crippen molar-refractivity contribution in [2.75, 3.05) is 20.7 Å². The molecule has 0 saturated carbocycles. The van der Waals surface area contributed by atoms with Crippen molar-refractivity contribution in [2.24, 2.45) is 0 Å². The van der Waals surface area contributed by atoms with Crippen LogP contribution in [0.15, 0.2) is 49.2 Å². The Morgan fingerprint density at radius 2 is 2.03 bits per heavy atom. The van der Waals surface area contributed by atoms with Crippen molar-refractivity contribution in [3.05, 3.63) is 54.7 Å². The molecule has 4 heterocycles. The molecule has 0 radical (unpaired) electrons. The molecule has 0 spiro atoms. The van der Waals surface area contributed by atoms with Gasteiger partial charge in [-0.1, -0.05) is 0 Å². The van der Waals surface area contributed by atoms with Gasteiger partial charge in [0.15, 0.2) is 6.10 Å². The highest BCUT2D eigenvalue weighted by molar-refractivity contribution is 5.95. The van der Waals surface area contributed by atoms with E-state index in [9.17, 15) is 15.0 Å². The molecule has 1 atom stereocenters. The average Bonchev–Trinajstić information content (AvgIpc) is 3.38. The minimum atomic E-state index is -1.28. The van der Waals surface area contributed by atoms with Gasteiger partial charge in [-0.25, -0.2) is 4.98 Å². The molecular formula is C21H22N6O3. The number of aromatic nitrogens is 5. The van der Waals surface area contributed by atoms with Gasteiger partial charge in [0.2, 0.25) is 0 Å². The van der Waals surface area contributed by atoms with E-state index in [2.05, 4.69) is 20.1 Å². The van der Waals surface area contributed by atoms with Crippen LogP contribution in [0.4, 0.5) is 0 Å². The third kappa shape index (κ3) is 3.56. The van der Waals surface area contributed by atoms with E-state index in [-0.39, 0.29) is 6.61 Å². The number of aliphatic hydroxyl groups is 2.